The minimum absolute atomic E-state index is 0.132. The van der Waals surface area contributed by atoms with Gasteiger partial charge < -0.3 is 15.4 Å². The van der Waals surface area contributed by atoms with E-state index in [2.05, 4.69) is 10.6 Å². The zero-order valence-electron chi connectivity index (χ0n) is 10.4. The zero-order chi connectivity index (χ0) is 11.8. The molecule has 1 aliphatic heterocycles. The quantitative estimate of drug-likeness (QED) is 0.740. The number of rotatable bonds is 5. The van der Waals surface area contributed by atoms with Crippen molar-refractivity contribution in [3.05, 3.63) is 0 Å². The van der Waals surface area contributed by atoms with Gasteiger partial charge in [0.05, 0.1) is 0 Å². The van der Waals surface area contributed by atoms with Crippen LogP contribution in [0.5, 0.6) is 0 Å². The highest BCUT2D eigenvalue weighted by atomic mass is 16.5. The van der Waals surface area contributed by atoms with Gasteiger partial charge in [-0.25, -0.2) is 0 Å². The van der Waals surface area contributed by atoms with Gasteiger partial charge in [-0.15, -0.1) is 0 Å². The first-order valence-electron chi connectivity index (χ1n) is 6.29. The van der Waals surface area contributed by atoms with Crippen molar-refractivity contribution < 1.29 is 9.53 Å². The maximum absolute atomic E-state index is 11.4. The van der Waals surface area contributed by atoms with Crippen molar-refractivity contribution >= 4 is 5.91 Å². The largest absolute Gasteiger partial charge is 0.381 e. The molecule has 1 aliphatic rings. The van der Waals surface area contributed by atoms with E-state index in [9.17, 15) is 4.79 Å². The molecule has 1 heterocycles. The van der Waals surface area contributed by atoms with Crippen LogP contribution in [0.3, 0.4) is 0 Å². The lowest BCUT2D eigenvalue weighted by Crippen LogP contribution is -2.35. The fourth-order valence-electron chi connectivity index (χ4n) is 1.89. The Kier molecular flexibility index (Phi) is 6.42. The van der Waals surface area contributed by atoms with Gasteiger partial charge in [-0.1, -0.05) is 0 Å². The molecule has 0 radical (unpaired) electrons. The predicted molar refractivity (Wildman–Crippen MR) is 64.4 cm³/mol. The Bertz CT molecular complexity index is 199. The van der Waals surface area contributed by atoms with Gasteiger partial charge in [0.1, 0.15) is 0 Å². The summed E-state index contributed by atoms with van der Waals surface area (Å²) in [6.07, 6.45) is 3.91. The number of carbonyl (C=O) groups excluding carboxylic acids is 1. The molecule has 0 aromatic carbocycles. The Morgan fingerprint density at radius 2 is 2.19 bits per heavy atom. The summed E-state index contributed by atoms with van der Waals surface area (Å²) in [5, 5.41) is 6.31. The van der Waals surface area contributed by atoms with Gasteiger partial charge in [0.25, 0.3) is 0 Å². The molecule has 2 N–H and O–H groups in total. The van der Waals surface area contributed by atoms with Crippen LogP contribution in [0.25, 0.3) is 0 Å². The SMILES string of the molecule is CC(C)NC(=O)CCNC1CCCOCC1. The number of hydrogen-bond donors (Lipinski definition) is 2. The van der Waals surface area contributed by atoms with Crippen LogP contribution in [0, 0.1) is 0 Å². The van der Waals surface area contributed by atoms with Gasteiger partial charge in [-0.05, 0) is 33.1 Å². The van der Waals surface area contributed by atoms with Gasteiger partial charge in [0, 0.05) is 38.3 Å². The van der Waals surface area contributed by atoms with Crippen molar-refractivity contribution in [3.63, 3.8) is 0 Å². The molecule has 1 amide bonds. The molecule has 4 nitrogen and oxygen atoms in total. The lowest BCUT2D eigenvalue weighted by atomic mass is 10.1. The minimum atomic E-state index is 0.132. The summed E-state index contributed by atoms with van der Waals surface area (Å²) < 4.78 is 5.39. The third kappa shape index (κ3) is 6.08. The lowest BCUT2D eigenvalue weighted by Gasteiger charge is -2.15. The maximum Gasteiger partial charge on any atom is 0.221 e. The second kappa shape index (κ2) is 7.63. The van der Waals surface area contributed by atoms with Crippen molar-refractivity contribution in [2.45, 2.75) is 51.6 Å². The van der Waals surface area contributed by atoms with Gasteiger partial charge in [-0.2, -0.15) is 0 Å². The smallest absolute Gasteiger partial charge is 0.221 e. The fraction of sp³-hybridized carbons (Fsp3) is 0.917. The molecule has 1 atom stereocenters. The predicted octanol–water partition coefficient (Wildman–Crippen LogP) is 1.06. The van der Waals surface area contributed by atoms with Crippen LogP contribution in [-0.2, 0) is 9.53 Å². The summed E-state index contributed by atoms with van der Waals surface area (Å²) >= 11 is 0. The van der Waals surface area contributed by atoms with Crippen LogP contribution in [0.4, 0.5) is 0 Å². The van der Waals surface area contributed by atoms with Crippen LogP contribution in [0.1, 0.15) is 39.5 Å². The zero-order valence-corrected chi connectivity index (χ0v) is 10.4. The monoisotopic (exact) mass is 228 g/mol. The topological polar surface area (TPSA) is 50.4 Å². The normalized spacial score (nSPS) is 21.8. The molecule has 1 saturated heterocycles. The molecule has 0 aromatic rings. The first-order valence-corrected chi connectivity index (χ1v) is 6.29. The standard InChI is InChI=1S/C12H24N2O2/c1-10(2)14-12(15)5-7-13-11-4-3-8-16-9-6-11/h10-11,13H,3-9H2,1-2H3,(H,14,15). The molecular formula is C12H24N2O2. The Hall–Kier alpha value is -0.610. The molecule has 94 valence electrons. The Morgan fingerprint density at radius 1 is 1.38 bits per heavy atom. The van der Waals surface area contributed by atoms with Crippen LogP contribution >= 0.6 is 0 Å². The molecule has 4 heteroatoms. The summed E-state index contributed by atoms with van der Waals surface area (Å²) in [6.45, 7) is 6.45. The van der Waals surface area contributed by atoms with Crippen LogP contribution in [0.2, 0.25) is 0 Å². The molecule has 1 unspecified atom stereocenters. The van der Waals surface area contributed by atoms with Crippen molar-refractivity contribution in [3.8, 4) is 0 Å². The number of amides is 1. The molecule has 0 bridgehead atoms. The van der Waals surface area contributed by atoms with E-state index in [-0.39, 0.29) is 11.9 Å². The second-order valence-corrected chi connectivity index (χ2v) is 4.67. The van der Waals surface area contributed by atoms with Crippen molar-refractivity contribution in [2.24, 2.45) is 0 Å². The molecular weight excluding hydrogens is 204 g/mol. The highest BCUT2D eigenvalue weighted by Gasteiger charge is 2.12. The van der Waals surface area contributed by atoms with E-state index in [1.165, 1.54) is 0 Å². The molecule has 0 saturated carbocycles. The molecule has 1 fully saturated rings. The molecule has 0 aliphatic carbocycles. The lowest BCUT2D eigenvalue weighted by molar-refractivity contribution is -0.121. The van der Waals surface area contributed by atoms with Crippen LogP contribution in [0.15, 0.2) is 0 Å². The minimum Gasteiger partial charge on any atom is -0.381 e. The van der Waals surface area contributed by atoms with E-state index < -0.39 is 0 Å². The molecule has 16 heavy (non-hydrogen) atoms. The average Bonchev–Trinajstić information content (AvgIpc) is 2.45. The van der Waals surface area contributed by atoms with Crippen molar-refractivity contribution in [2.75, 3.05) is 19.8 Å². The Morgan fingerprint density at radius 3 is 2.94 bits per heavy atom. The van der Waals surface area contributed by atoms with Crippen molar-refractivity contribution in [1.82, 2.24) is 10.6 Å². The Labute approximate surface area is 98.1 Å². The summed E-state index contributed by atoms with van der Waals surface area (Å²) in [4.78, 5) is 11.4. The summed E-state index contributed by atoms with van der Waals surface area (Å²) in [5.74, 6) is 0.132. The van der Waals surface area contributed by atoms with Crippen LogP contribution < -0.4 is 10.6 Å². The van der Waals surface area contributed by atoms with E-state index in [1.54, 1.807) is 0 Å². The average molecular weight is 228 g/mol. The Balaban J connectivity index is 2.07. The van der Waals surface area contributed by atoms with Crippen molar-refractivity contribution in [1.29, 1.82) is 0 Å². The van der Waals surface area contributed by atoms with Gasteiger partial charge >= 0.3 is 0 Å². The van der Waals surface area contributed by atoms with E-state index in [4.69, 9.17) is 4.74 Å². The third-order valence-electron chi connectivity index (χ3n) is 2.69. The van der Waals surface area contributed by atoms with E-state index >= 15 is 0 Å². The highest BCUT2D eigenvalue weighted by Crippen LogP contribution is 2.07. The number of nitrogens with one attached hydrogen (secondary N) is 2. The highest BCUT2D eigenvalue weighted by molar-refractivity contribution is 5.76. The summed E-state index contributed by atoms with van der Waals surface area (Å²) in [7, 11) is 0. The van der Waals surface area contributed by atoms with Gasteiger partial charge in [0.2, 0.25) is 5.91 Å². The van der Waals surface area contributed by atoms with Gasteiger partial charge in [0.15, 0.2) is 0 Å². The summed E-state index contributed by atoms with van der Waals surface area (Å²) in [6, 6.07) is 0.758. The first kappa shape index (κ1) is 13.5. The van der Waals surface area contributed by atoms with Crippen LogP contribution in [-0.4, -0.2) is 37.7 Å². The first-order chi connectivity index (χ1) is 7.68. The van der Waals surface area contributed by atoms with E-state index in [0.29, 0.717) is 12.5 Å². The number of ether oxygens (including phenoxy) is 1. The molecule has 0 spiro atoms. The maximum atomic E-state index is 11.4. The molecule has 0 aromatic heterocycles. The number of hydrogen-bond acceptors (Lipinski definition) is 3. The van der Waals surface area contributed by atoms with Gasteiger partial charge in [-0.3, -0.25) is 4.79 Å². The second-order valence-electron chi connectivity index (χ2n) is 4.67. The number of carbonyl (C=O) groups is 1. The fourth-order valence-corrected chi connectivity index (χ4v) is 1.89. The molecule has 1 rings (SSSR count). The van der Waals surface area contributed by atoms with E-state index in [0.717, 1.165) is 39.0 Å². The van der Waals surface area contributed by atoms with E-state index in [1.807, 2.05) is 13.8 Å². The summed E-state index contributed by atoms with van der Waals surface area (Å²) in [5.41, 5.74) is 0. The third-order valence-corrected chi connectivity index (χ3v) is 2.69.